The fourth-order valence-electron chi connectivity index (χ4n) is 4.09. The van der Waals surface area contributed by atoms with Crippen molar-refractivity contribution in [1.82, 2.24) is 10.3 Å². The number of primary amides is 1. The Balaban J connectivity index is 2.01. The molecule has 1 aliphatic heterocycles. The molecule has 0 bridgehead atoms. The highest BCUT2D eigenvalue weighted by atomic mass is 19.1. The number of nitrogens with two attached hydrogens (primary N) is 1. The summed E-state index contributed by atoms with van der Waals surface area (Å²) in [6.45, 7) is 9.92. The quantitative estimate of drug-likeness (QED) is 0.685. The van der Waals surface area contributed by atoms with Crippen LogP contribution in [0, 0.1) is 19.7 Å². The Kier molecular flexibility index (Phi) is 6.18. The molecule has 9 heteroatoms. The van der Waals surface area contributed by atoms with Gasteiger partial charge < -0.3 is 30.4 Å². The van der Waals surface area contributed by atoms with Gasteiger partial charge in [-0.2, -0.15) is 0 Å². The molecular formula is C22H31FN4O4. The second-order valence-corrected chi connectivity index (χ2v) is 9.09. The second-order valence-electron chi connectivity index (χ2n) is 9.09. The minimum Gasteiger partial charge on any atom is -0.444 e. The lowest BCUT2D eigenvalue weighted by molar-refractivity contribution is 0.0433. The van der Waals surface area contributed by atoms with Crippen molar-refractivity contribution in [1.29, 1.82) is 0 Å². The average molecular weight is 435 g/mol. The Morgan fingerprint density at radius 1 is 1.29 bits per heavy atom. The molecule has 0 radical (unpaired) electrons. The number of amides is 2. The Bertz CT molecular complexity index is 1010. The molecule has 8 nitrogen and oxygen atoms in total. The molecular weight excluding hydrogens is 403 g/mol. The van der Waals surface area contributed by atoms with E-state index in [1.165, 1.54) is 6.07 Å². The van der Waals surface area contributed by atoms with Crippen molar-refractivity contribution < 1.29 is 23.5 Å². The highest BCUT2D eigenvalue weighted by Crippen LogP contribution is 2.37. The Labute approximate surface area is 181 Å². The van der Waals surface area contributed by atoms with Crippen LogP contribution in [0.2, 0.25) is 0 Å². The van der Waals surface area contributed by atoms with Crippen LogP contribution in [0.4, 0.5) is 14.9 Å². The van der Waals surface area contributed by atoms with Crippen LogP contribution in [0.3, 0.4) is 0 Å². The molecule has 0 unspecified atom stereocenters. The fraction of sp³-hybridized carbons (Fsp3) is 0.545. The molecule has 170 valence electrons. The maximum atomic E-state index is 15.3. The number of halogens is 1. The monoisotopic (exact) mass is 434 g/mol. The fourth-order valence-corrected chi connectivity index (χ4v) is 4.09. The number of aromatic nitrogens is 1. The maximum Gasteiger partial charge on any atom is 0.407 e. The third kappa shape index (κ3) is 4.76. The van der Waals surface area contributed by atoms with E-state index in [0.29, 0.717) is 36.1 Å². The number of alkyl carbamates (subject to hydrolysis) is 1. The summed E-state index contributed by atoms with van der Waals surface area (Å²) in [7, 11) is 1.59. The number of methoxy groups -OCH3 is 1. The first-order chi connectivity index (χ1) is 14.4. The Hall–Kier alpha value is -2.81. The van der Waals surface area contributed by atoms with Gasteiger partial charge in [-0.25, -0.2) is 9.18 Å². The Morgan fingerprint density at radius 2 is 1.97 bits per heavy atom. The predicted octanol–water partition coefficient (Wildman–Crippen LogP) is 3.14. The zero-order valence-electron chi connectivity index (χ0n) is 18.9. The topological polar surface area (TPSA) is 110 Å². The number of hydrogen-bond acceptors (Lipinski definition) is 5. The molecule has 1 aliphatic rings. The summed E-state index contributed by atoms with van der Waals surface area (Å²) in [5.41, 5.74) is 7.50. The van der Waals surface area contributed by atoms with E-state index in [9.17, 15) is 9.59 Å². The van der Waals surface area contributed by atoms with Crippen molar-refractivity contribution in [3.05, 3.63) is 28.7 Å². The summed E-state index contributed by atoms with van der Waals surface area (Å²) in [4.78, 5) is 29.2. The molecule has 0 spiro atoms. The zero-order chi connectivity index (χ0) is 23.1. The number of H-pyrrole nitrogens is 1. The molecule has 1 aromatic carbocycles. The normalized spacial score (nSPS) is 19.5. The largest absolute Gasteiger partial charge is 0.444 e. The lowest BCUT2D eigenvalue weighted by Crippen LogP contribution is -2.54. The van der Waals surface area contributed by atoms with E-state index in [1.807, 2.05) is 18.7 Å². The molecule has 2 heterocycles. The molecule has 3 rings (SSSR count). The summed E-state index contributed by atoms with van der Waals surface area (Å²) in [6.07, 6.45) is -0.182. The highest BCUT2D eigenvalue weighted by Gasteiger charge is 2.33. The third-order valence-corrected chi connectivity index (χ3v) is 5.55. The molecule has 31 heavy (non-hydrogen) atoms. The lowest BCUT2D eigenvalue weighted by Gasteiger charge is -2.39. The highest BCUT2D eigenvalue weighted by molar-refractivity contribution is 6.10. The SMILES string of the molecule is CO[C@H]1C[C@H](NC(=O)OC(C)(C)C)CN(c2c(F)cc(C(N)=O)c3[nH]c(C)c(C)c23)C1. The van der Waals surface area contributed by atoms with E-state index < -0.39 is 23.4 Å². The van der Waals surface area contributed by atoms with Gasteiger partial charge in [-0.15, -0.1) is 0 Å². The maximum absolute atomic E-state index is 15.3. The zero-order valence-corrected chi connectivity index (χ0v) is 18.9. The lowest BCUT2D eigenvalue weighted by atomic mass is 9.99. The number of fused-ring (bicyclic) bond motifs is 1. The first-order valence-corrected chi connectivity index (χ1v) is 10.3. The van der Waals surface area contributed by atoms with Crippen molar-refractivity contribution in [2.75, 3.05) is 25.1 Å². The van der Waals surface area contributed by atoms with Gasteiger partial charge >= 0.3 is 6.09 Å². The van der Waals surface area contributed by atoms with Crippen LogP contribution in [0.15, 0.2) is 6.07 Å². The molecule has 0 saturated carbocycles. The molecule has 2 atom stereocenters. The van der Waals surface area contributed by atoms with Crippen LogP contribution in [0.5, 0.6) is 0 Å². The number of piperidine rings is 1. The minimum atomic E-state index is -0.699. The summed E-state index contributed by atoms with van der Waals surface area (Å²) in [6, 6.07) is 0.862. The van der Waals surface area contributed by atoms with E-state index in [-0.39, 0.29) is 17.7 Å². The standard InChI is InChI=1S/C22H31FN4O4/c1-11-12(2)25-18-15(20(24)28)8-16(23)19(17(11)18)27-9-13(7-14(10-27)30-6)26-21(29)31-22(3,4)5/h8,13-14,25H,7,9-10H2,1-6H3,(H2,24,28)(H,26,29)/t13-,14-/m0/s1. The van der Waals surface area contributed by atoms with Gasteiger partial charge in [0, 0.05) is 31.3 Å². The van der Waals surface area contributed by atoms with E-state index >= 15 is 4.39 Å². The van der Waals surface area contributed by atoms with E-state index in [2.05, 4.69) is 10.3 Å². The van der Waals surface area contributed by atoms with Crippen LogP contribution in [-0.2, 0) is 9.47 Å². The molecule has 2 amide bonds. The molecule has 1 aromatic heterocycles. The Morgan fingerprint density at radius 3 is 2.55 bits per heavy atom. The number of ether oxygens (including phenoxy) is 2. The van der Waals surface area contributed by atoms with Gasteiger partial charge in [0.25, 0.3) is 5.91 Å². The van der Waals surface area contributed by atoms with Gasteiger partial charge in [0.1, 0.15) is 11.4 Å². The summed E-state index contributed by atoms with van der Waals surface area (Å²) in [5.74, 6) is -1.24. The van der Waals surface area contributed by atoms with Gasteiger partial charge in [-0.1, -0.05) is 0 Å². The number of carbonyl (C=O) groups is 2. The van der Waals surface area contributed by atoms with Crippen molar-refractivity contribution >= 4 is 28.6 Å². The van der Waals surface area contributed by atoms with E-state index in [0.717, 1.165) is 11.3 Å². The number of nitrogens with zero attached hydrogens (tertiary/aromatic N) is 1. The number of benzene rings is 1. The van der Waals surface area contributed by atoms with E-state index in [4.69, 9.17) is 15.2 Å². The number of hydrogen-bond donors (Lipinski definition) is 3. The first kappa shape index (κ1) is 22.9. The van der Waals surface area contributed by atoms with Gasteiger partial charge in [0.2, 0.25) is 0 Å². The van der Waals surface area contributed by atoms with Gasteiger partial charge in [-0.3, -0.25) is 4.79 Å². The van der Waals surface area contributed by atoms with Crippen molar-refractivity contribution in [3.63, 3.8) is 0 Å². The molecule has 4 N–H and O–H groups in total. The van der Waals surface area contributed by atoms with Crippen LogP contribution < -0.4 is 16.0 Å². The number of aromatic amines is 1. The van der Waals surface area contributed by atoms with Crippen molar-refractivity contribution in [2.24, 2.45) is 5.73 Å². The van der Waals surface area contributed by atoms with Crippen LogP contribution in [0.25, 0.3) is 10.9 Å². The van der Waals surface area contributed by atoms with Crippen LogP contribution in [-0.4, -0.2) is 54.9 Å². The first-order valence-electron chi connectivity index (χ1n) is 10.3. The average Bonchev–Trinajstić information content (AvgIpc) is 2.93. The van der Waals surface area contributed by atoms with Crippen molar-refractivity contribution in [2.45, 2.75) is 58.8 Å². The van der Waals surface area contributed by atoms with Gasteiger partial charge in [0.05, 0.1) is 28.9 Å². The van der Waals surface area contributed by atoms with Crippen LogP contribution >= 0.6 is 0 Å². The summed E-state index contributed by atoms with van der Waals surface area (Å²) in [5, 5.41) is 3.48. The number of carbonyl (C=O) groups excluding carboxylic acids is 2. The molecule has 1 saturated heterocycles. The molecule has 0 aliphatic carbocycles. The molecule has 2 aromatic rings. The second kappa shape index (κ2) is 8.37. The number of anilines is 1. The van der Waals surface area contributed by atoms with Crippen molar-refractivity contribution in [3.8, 4) is 0 Å². The van der Waals surface area contributed by atoms with E-state index in [1.54, 1.807) is 27.9 Å². The summed E-state index contributed by atoms with van der Waals surface area (Å²) >= 11 is 0. The summed E-state index contributed by atoms with van der Waals surface area (Å²) < 4.78 is 26.3. The third-order valence-electron chi connectivity index (χ3n) is 5.55. The number of nitrogens with one attached hydrogen (secondary N) is 2. The molecule has 1 fully saturated rings. The smallest absolute Gasteiger partial charge is 0.407 e. The van der Waals surface area contributed by atoms with Gasteiger partial charge in [-0.05, 0) is 52.7 Å². The van der Waals surface area contributed by atoms with Gasteiger partial charge in [0.15, 0.2) is 0 Å². The van der Waals surface area contributed by atoms with Crippen LogP contribution in [0.1, 0.15) is 48.8 Å². The number of rotatable bonds is 4. The number of aryl methyl sites for hydroxylation is 2. The predicted molar refractivity (Wildman–Crippen MR) is 117 cm³/mol. The minimum absolute atomic E-state index is 0.108.